The standard InChI is InChI=1S/C20H25ClN2O3S/c1-12-9-14(3)19(15(4)10-12)22-20(24)16(5)23(27(6,25)26)17-8-7-13(2)18(21)11-17/h7-11,16H,1-6H3,(H,22,24)/t16-/m0/s1. The number of aryl methyl sites for hydroxylation is 4. The van der Waals surface area contributed by atoms with Crippen LogP contribution in [0.2, 0.25) is 5.02 Å². The van der Waals surface area contributed by atoms with Gasteiger partial charge in [0.25, 0.3) is 0 Å². The lowest BCUT2D eigenvalue weighted by atomic mass is 10.0. The van der Waals surface area contributed by atoms with Gasteiger partial charge in [-0.05, 0) is 63.4 Å². The van der Waals surface area contributed by atoms with E-state index in [1.807, 2.05) is 39.8 Å². The summed E-state index contributed by atoms with van der Waals surface area (Å²) >= 11 is 6.16. The maximum absolute atomic E-state index is 12.9. The molecule has 2 rings (SSSR count). The molecule has 0 aliphatic carbocycles. The Balaban J connectivity index is 2.40. The van der Waals surface area contributed by atoms with E-state index in [1.54, 1.807) is 25.1 Å². The van der Waals surface area contributed by atoms with Gasteiger partial charge in [-0.25, -0.2) is 8.42 Å². The van der Waals surface area contributed by atoms with Crippen LogP contribution >= 0.6 is 11.6 Å². The fraction of sp³-hybridized carbons (Fsp3) is 0.350. The van der Waals surface area contributed by atoms with Crippen molar-refractivity contribution in [2.75, 3.05) is 15.9 Å². The molecule has 7 heteroatoms. The van der Waals surface area contributed by atoms with Crippen LogP contribution in [0.5, 0.6) is 0 Å². The van der Waals surface area contributed by atoms with E-state index in [0.29, 0.717) is 16.4 Å². The zero-order valence-electron chi connectivity index (χ0n) is 16.4. The highest BCUT2D eigenvalue weighted by molar-refractivity contribution is 7.92. The Hall–Kier alpha value is -2.05. The molecule has 1 amide bonds. The second kappa shape index (κ2) is 7.90. The first-order chi connectivity index (χ1) is 12.4. The third-order valence-corrected chi connectivity index (χ3v) is 6.07. The van der Waals surface area contributed by atoms with Gasteiger partial charge in [-0.1, -0.05) is 35.4 Å². The lowest BCUT2D eigenvalue weighted by molar-refractivity contribution is -0.116. The van der Waals surface area contributed by atoms with Crippen LogP contribution in [-0.2, 0) is 14.8 Å². The summed E-state index contributed by atoms with van der Waals surface area (Å²) in [6.07, 6.45) is 1.08. The van der Waals surface area contributed by atoms with Crippen LogP contribution in [0.15, 0.2) is 30.3 Å². The van der Waals surface area contributed by atoms with Gasteiger partial charge in [0.15, 0.2) is 0 Å². The molecule has 27 heavy (non-hydrogen) atoms. The molecule has 0 saturated heterocycles. The number of carbonyl (C=O) groups is 1. The van der Waals surface area contributed by atoms with Crippen LogP contribution in [0.1, 0.15) is 29.2 Å². The summed E-state index contributed by atoms with van der Waals surface area (Å²) in [5.41, 5.74) is 4.84. The van der Waals surface area contributed by atoms with E-state index in [4.69, 9.17) is 11.6 Å². The molecule has 0 bridgehead atoms. The van der Waals surface area contributed by atoms with Gasteiger partial charge in [-0.2, -0.15) is 0 Å². The number of halogens is 1. The summed E-state index contributed by atoms with van der Waals surface area (Å²) in [7, 11) is -3.70. The van der Waals surface area contributed by atoms with Crippen LogP contribution in [0.4, 0.5) is 11.4 Å². The highest BCUT2D eigenvalue weighted by atomic mass is 35.5. The zero-order valence-corrected chi connectivity index (χ0v) is 18.0. The Kier molecular flexibility index (Phi) is 6.22. The molecular weight excluding hydrogens is 384 g/mol. The first kappa shape index (κ1) is 21.3. The molecule has 0 saturated carbocycles. The molecule has 2 aromatic rings. The van der Waals surface area contributed by atoms with E-state index in [1.165, 1.54) is 0 Å². The van der Waals surface area contributed by atoms with Gasteiger partial charge in [0.2, 0.25) is 15.9 Å². The second-order valence-corrected chi connectivity index (χ2v) is 9.20. The minimum atomic E-state index is -3.70. The van der Waals surface area contributed by atoms with Gasteiger partial charge in [-0.3, -0.25) is 9.10 Å². The minimum Gasteiger partial charge on any atom is -0.324 e. The Morgan fingerprint density at radius 2 is 1.59 bits per heavy atom. The number of anilines is 2. The monoisotopic (exact) mass is 408 g/mol. The van der Waals surface area contributed by atoms with Crippen LogP contribution in [-0.4, -0.2) is 26.6 Å². The lowest BCUT2D eigenvalue weighted by Crippen LogP contribution is -2.45. The van der Waals surface area contributed by atoms with E-state index in [0.717, 1.165) is 32.8 Å². The smallest absolute Gasteiger partial charge is 0.248 e. The maximum Gasteiger partial charge on any atom is 0.248 e. The van der Waals surface area contributed by atoms with Crippen molar-refractivity contribution in [3.63, 3.8) is 0 Å². The molecule has 0 heterocycles. The first-order valence-corrected chi connectivity index (χ1v) is 10.8. The van der Waals surface area contributed by atoms with Crippen molar-refractivity contribution in [2.45, 2.75) is 40.7 Å². The van der Waals surface area contributed by atoms with Crippen molar-refractivity contribution < 1.29 is 13.2 Å². The Bertz CT molecular complexity index is 964. The number of hydrogen-bond acceptors (Lipinski definition) is 3. The van der Waals surface area contributed by atoms with E-state index in [-0.39, 0.29) is 0 Å². The molecule has 5 nitrogen and oxygen atoms in total. The molecule has 0 aromatic heterocycles. The summed E-state index contributed by atoms with van der Waals surface area (Å²) in [4.78, 5) is 12.9. The van der Waals surface area contributed by atoms with Gasteiger partial charge < -0.3 is 5.32 Å². The van der Waals surface area contributed by atoms with Gasteiger partial charge >= 0.3 is 0 Å². The average molecular weight is 409 g/mol. The normalized spacial score (nSPS) is 12.6. The lowest BCUT2D eigenvalue weighted by Gasteiger charge is -2.29. The van der Waals surface area contributed by atoms with Crippen molar-refractivity contribution in [1.29, 1.82) is 0 Å². The largest absolute Gasteiger partial charge is 0.324 e. The van der Waals surface area contributed by atoms with E-state index < -0.39 is 22.0 Å². The molecule has 0 radical (unpaired) electrons. The van der Waals surface area contributed by atoms with E-state index in [2.05, 4.69) is 5.32 Å². The number of carbonyl (C=O) groups excluding carboxylic acids is 1. The zero-order chi connectivity index (χ0) is 20.5. The first-order valence-electron chi connectivity index (χ1n) is 8.56. The maximum atomic E-state index is 12.9. The second-order valence-electron chi connectivity index (χ2n) is 6.93. The predicted octanol–water partition coefficient (Wildman–Crippen LogP) is 4.37. The molecule has 1 N–H and O–H groups in total. The fourth-order valence-corrected chi connectivity index (χ4v) is 4.47. The topological polar surface area (TPSA) is 66.5 Å². The highest BCUT2D eigenvalue weighted by Crippen LogP contribution is 2.28. The SMILES string of the molecule is Cc1cc(C)c(NC(=O)[C@H](C)N(c2ccc(C)c(Cl)c2)S(C)(=O)=O)c(C)c1. The quantitative estimate of drug-likeness (QED) is 0.798. The van der Waals surface area contributed by atoms with Gasteiger partial charge in [-0.15, -0.1) is 0 Å². The number of rotatable bonds is 5. The minimum absolute atomic E-state index is 0.355. The fourth-order valence-electron chi connectivity index (χ4n) is 3.13. The van der Waals surface area contributed by atoms with Crippen molar-refractivity contribution in [2.24, 2.45) is 0 Å². The molecule has 0 unspecified atom stereocenters. The summed E-state index contributed by atoms with van der Waals surface area (Å²) < 4.78 is 25.9. The number of sulfonamides is 1. The number of nitrogens with one attached hydrogen (secondary N) is 1. The number of amides is 1. The van der Waals surface area contributed by atoms with Gasteiger partial charge in [0.05, 0.1) is 11.9 Å². The number of nitrogens with zero attached hydrogens (tertiary/aromatic N) is 1. The third-order valence-electron chi connectivity index (χ3n) is 4.42. The van der Waals surface area contributed by atoms with Crippen LogP contribution < -0.4 is 9.62 Å². The molecule has 146 valence electrons. The summed E-state index contributed by atoms with van der Waals surface area (Å²) in [6, 6.07) is 7.94. The summed E-state index contributed by atoms with van der Waals surface area (Å²) in [6.45, 7) is 9.20. The molecule has 0 aliphatic rings. The highest BCUT2D eigenvalue weighted by Gasteiger charge is 2.30. The van der Waals surface area contributed by atoms with Crippen LogP contribution in [0.3, 0.4) is 0 Å². The molecule has 0 fully saturated rings. The molecule has 2 aromatic carbocycles. The van der Waals surface area contributed by atoms with Crippen molar-refractivity contribution in [3.8, 4) is 0 Å². The third kappa shape index (κ3) is 4.82. The van der Waals surface area contributed by atoms with Crippen molar-refractivity contribution in [1.82, 2.24) is 0 Å². The Morgan fingerprint density at radius 1 is 1.04 bits per heavy atom. The molecule has 0 spiro atoms. The summed E-state index contributed by atoms with van der Waals surface area (Å²) in [5.74, 6) is -0.410. The number of benzene rings is 2. The van der Waals surface area contributed by atoms with E-state index in [9.17, 15) is 13.2 Å². The Morgan fingerprint density at radius 3 is 2.07 bits per heavy atom. The predicted molar refractivity (Wildman–Crippen MR) is 112 cm³/mol. The molecule has 0 aliphatic heterocycles. The van der Waals surface area contributed by atoms with Crippen molar-refractivity contribution >= 4 is 38.9 Å². The average Bonchev–Trinajstić information content (AvgIpc) is 2.52. The van der Waals surface area contributed by atoms with Gasteiger partial charge in [0.1, 0.15) is 6.04 Å². The molecular formula is C20H25ClN2O3S. The van der Waals surface area contributed by atoms with E-state index >= 15 is 0 Å². The van der Waals surface area contributed by atoms with Crippen LogP contribution in [0, 0.1) is 27.7 Å². The molecule has 1 atom stereocenters. The van der Waals surface area contributed by atoms with Gasteiger partial charge in [0, 0.05) is 10.7 Å². The number of hydrogen-bond donors (Lipinski definition) is 1. The summed E-state index contributed by atoms with van der Waals surface area (Å²) in [5, 5.41) is 3.32. The van der Waals surface area contributed by atoms with Crippen molar-refractivity contribution in [3.05, 3.63) is 57.6 Å². The van der Waals surface area contributed by atoms with Crippen LogP contribution in [0.25, 0.3) is 0 Å². The Labute approximate surface area is 166 Å².